The van der Waals surface area contributed by atoms with Crippen molar-refractivity contribution in [2.24, 2.45) is 0 Å². The van der Waals surface area contributed by atoms with Gasteiger partial charge in [0.2, 0.25) is 0 Å². The first-order valence-corrected chi connectivity index (χ1v) is 5.32. The maximum atomic E-state index is 11.6. The minimum atomic E-state index is -0.986. The van der Waals surface area contributed by atoms with Crippen LogP contribution in [0.5, 0.6) is 0 Å². The summed E-state index contributed by atoms with van der Waals surface area (Å²) in [6.45, 7) is 2.18. The van der Waals surface area contributed by atoms with Crippen LogP contribution in [0, 0.1) is 0 Å². The second-order valence-corrected chi connectivity index (χ2v) is 3.37. The van der Waals surface area contributed by atoms with E-state index in [2.05, 4.69) is 10.1 Å². The molecule has 7 nitrogen and oxygen atoms in total. The van der Waals surface area contributed by atoms with E-state index in [1.54, 1.807) is 0 Å². The summed E-state index contributed by atoms with van der Waals surface area (Å²) in [5.74, 6) is -1.49. The molecular weight excluding hydrogens is 228 g/mol. The van der Waals surface area contributed by atoms with Gasteiger partial charge in [0.15, 0.2) is 0 Å². The van der Waals surface area contributed by atoms with E-state index >= 15 is 0 Å². The summed E-state index contributed by atoms with van der Waals surface area (Å²) in [5.41, 5.74) is 0. The predicted molar refractivity (Wildman–Crippen MR) is 59.5 cm³/mol. The number of aliphatic carboxylic acids is 1. The number of hydrogen-bond donors (Lipinski definition) is 2. The van der Waals surface area contributed by atoms with Crippen LogP contribution in [-0.2, 0) is 14.3 Å². The zero-order valence-corrected chi connectivity index (χ0v) is 10.1. The molecule has 2 amide bonds. The molecule has 0 radical (unpaired) electrons. The Hall–Kier alpha value is -1.79. The second kappa shape index (κ2) is 8.37. The number of nitrogens with one attached hydrogen (secondary N) is 1. The largest absolute Gasteiger partial charge is 0.481 e. The number of carbonyl (C=O) groups excluding carboxylic acids is 2. The molecule has 2 N–H and O–H groups in total. The van der Waals surface area contributed by atoms with Gasteiger partial charge >= 0.3 is 18.0 Å². The fourth-order valence-electron chi connectivity index (χ4n) is 1.13. The minimum absolute atomic E-state index is 0.0373. The van der Waals surface area contributed by atoms with Crippen LogP contribution in [0.4, 0.5) is 4.79 Å². The number of carboxylic acid groups (broad SMARTS) is 1. The van der Waals surface area contributed by atoms with E-state index in [1.807, 2.05) is 6.92 Å². The van der Waals surface area contributed by atoms with Crippen LogP contribution in [0.2, 0.25) is 0 Å². The highest BCUT2D eigenvalue weighted by molar-refractivity contribution is 5.81. The number of carboxylic acids is 1. The van der Waals surface area contributed by atoms with Gasteiger partial charge in [-0.3, -0.25) is 9.59 Å². The van der Waals surface area contributed by atoms with Crippen molar-refractivity contribution in [3.8, 4) is 0 Å². The van der Waals surface area contributed by atoms with Crippen LogP contribution in [0.3, 0.4) is 0 Å². The van der Waals surface area contributed by atoms with Crippen LogP contribution in [0.1, 0.15) is 19.8 Å². The number of methoxy groups -OCH3 is 1. The number of amides is 2. The third kappa shape index (κ3) is 7.15. The maximum Gasteiger partial charge on any atom is 0.325 e. The van der Waals surface area contributed by atoms with Gasteiger partial charge in [0.25, 0.3) is 0 Å². The topological polar surface area (TPSA) is 95.9 Å². The minimum Gasteiger partial charge on any atom is -0.481 e. The summed E-state index contributed by atoms with van der Waals surface area (Å²) in [4.78, 5) is 34.2. The number of nitrogens with zero attached hydrogens (tertiary/aromatic N) is 1. The first-order chi connectivity index (χ1) is 8.01. The average molecular weight is 246 g/mol. The molecule has 7 heteroatoms. The number of urea groups is 1. The van der Waals surface area contributed by atoms with Crippen molar-refractivity contribution < 1.29 is 24.2 Å². The predicted octanol–water partition coefficient (Wildman–Crippen LogP) is 0.0557. The van der Waals surface area contributed by atoms with Gasteiger partial charge in [-0.1, -0.05) is 6.92 Å². The van der Waals surface area contributed by atoms with E-state index < -0.39 is 18.0 Å². The van der Waals surface area contributed by atoms with Gasteiger partial charge < -0.3 is 20.1 Å². The summed E-state index contributed by atoms with van der Waals surface area (Å²) < 4.78 is 4.47. The molecule has 0 saturated heterocycles. The summed E-state index contributed by atoms with van der Waals surface area (Å²) in [7, 11) is 1.24. The molecule has 0 atom stereocenters. The zero-order valence-electron chi connectivity index (χ0n) is 10.1. The summed E-state index contributed by atoms with van der Waals surface area (Å²) in [6, 6.07) is -0.460. The zero-order chi connectivity index (χ0) is 13.3. The van der Waals surface area contributed by atoms with Gasteiger partial charge in [0.1, 0.15) is 6.54 Å². The van der Waals surface area contributed by atoms with E-state index in [0.717, 1.165) is 0 Å². The van der Waals surface area contributed by atoms with Crippen molar-refractivity contribution in [1.82, 2.24) is 10.2 Å². The number of ether oxygens (including phenoxy) is 1. The lowest BCUT2D eigenvalue weighted by Crippen LogP contribution is -2.44. The third-order valence-corrected chi connectivity index (χ3v) is 1.94. The Kier molecular flexibility index (Phi) is 7.49. The van der Waals surface area contributed by atoms with E-state index in [1.165, 1.54) is 12.0 Å². The Morgan fingerprint density at radius 1 is 1.35 bits per heavy atom. The summed E-state index contributed by atoms with van der Waals surface area (Å²) >= 11 is 0. The van der Waals surface area contributed by atoms with Crippen molar-refractivity contribution in [2.45, 2.75) is 19.8 Å². The molecule has 17 heavy (non-hydrogen) atoms. The number of rotatable bonds is 7. The van der Waals surface area contributed by atoms with Crippen LogP contribution >= 0.6 is 0 Å². The molecule has 98 valence electrons. The van der Waals surface area contributed by atoms with E-state index in [-0.39, 0.29) is 19.5 Å². The summed E-state index contributed by atoms with van der Waals surface area (Å²) in [5, 5.41) is 10.8. The lowest BCUT2D eigenvalue weighted by molar-refractivity contribution is -0.141. The Morgan fingerprint density at radius 2 is 2.00 bits per heavy atom. The lowest BCUT2D eigenvalue weighted by Gasteiger charge is -2.20. The van der Waals surface area contributed by atoms with Gasteiger partial charge in [0.05, 0.1) is 13.5 Å². The van der Waals surface area contributed by atoms with Gasteiger partial charge in [-0.05, 0) is 6.42 Å². The van der Waals surface area contributed by atoms with Crippen LogP contribution in [0.25, 0.3) is 0 Å². The van der Waals surface area contributed by atoms with Gasteiger partial charge in [0, 0.05) is 13.1 Å². The standard InChI is InChI=1S/C10H18N2O5/c1-3-6-12(7-9(15)17-2)10(16)11-5-4-8(13)14/h3-7H2,1-2H3,(H,11,16)(H,13,14). The molecule has 0 saturated carbocycles. The monoisotopic (exact) mass is 246 g/mol. The Morgan fingerprint density at radius 3 is 2.47 bits per heavy atom. The molecule has 0 bridgehead atoms. The molecule has 0 fully saturated rings. The highest BCUT2D eigenvalue weighted by Gasteiger charge is 2.16. The van der Waals surface area contributed by atoms with Crippen molar-refractivity contribution in [2.75, 3.05) is 26.7 Å². The average Bonchev–Trinajstić information content (AvgIpc) is 2.27. The fraction of sp³-hybridized carbons (Fsp3) is 0.700. The molecule has 0 unspecified atom stereocenters. The van der Waals surface area contributed by atoms with Gasteiger partial charge in [-0.25, -0.2) is 4.79 Å². The SMILES string of the molecule is CCCN(CC(=O)OC)C(=O)NCCC(=O)O. The first-order valence-electron chi connectivity index (χ1n) is 5.32. The highest BCUT2D eigenvalue weighted by Crippen LogP contribution is 1.94. The molecule has 0 spiro atoms. The third-order valence-electron chi connectivity index (χ3n) is 1.94. The molecule has 0 aliphatic heterocycles. The van der Waals surface area contributed by atoms with Crippen LogP contribution < -0.4 is 5.32 Å². The van der Waals surface area contributed by atoms with E-state index in [4.69, 9.17) is 5.11 Å². The number of esters is 1. The molecule has 0 aromatic heterocycles. The normalized spacial score (nSPS) is 9.53. The van der Waals surface area contributed by atoms with Crippen LogP contribution in [0.15, 0.2) is 0 Å². The molecule has 0 heterocycles. The fourth-order valence-corrected chi connectivity index (χ4v) is 1.13. The second-order valence-electron chi connectivity index (χ2n) is 3.37. The molecule has 0 aliphatic carbocycles. The summed E-state index contributed by atoms with van der Waals surface area (Å²) in [6.07, 6.45) is 0.549. The number of hydrogen-bond acceptors (Lipinski definition) is 4. The van der Waals surface area contributed by atoms with Crippen molar-refractivity contribution in [1.29, 1.82) is 0 Å². The Bertz CT molecular complexity index is 280. The van der Waals surface area contributed by atoms with E-state index in [9.17, 15) is 14.4 Å². The molecule has 0 aliphatic rings. The van der Waals surface area contributed by atoms with E-state index in [0.29, 0.717) is 13.0 Å². The molecule has 0 aromatic rings. The first kappa shape index (κ1) is 15.2. The Labute approximate surface area is 99.7 Å². The maximum absolute atomic E-state index is 11.6. The van der Waals surface area contributed by atoms with Crippen molar-refractivity contribution >= 4 is 18.0 Å². The van der Waals surface area contributed by atoms with Crippen molar-refractivity contribution in [3.05, 3.63) is 0 Å². The molecular formula is C10H18N2O5. The van der Waals surface area contributed by atoms with Gasteiger partial charge in [-0.15, -0.1) is 0 Å². The quantitative estimate of drug-likeness (QED) is 0.619. The molecule has 0 aromatic carbocycles. The number of carbonyl (C=O) groups is 3. The lowest BCUT2D eigenvalue weighted by atomic mass is 10.4. The highest BCUT2D eigenvalue weighted by atomic mass is 16.5. The Balaban J connectivity index is 4.14. The van der Waals surface area contributed by atoms with Gasteiger partial charge in [-0.2, -0.15) is 0 Å². The van der Waals surface area contributed by atoms with Crippen LogP contribution in [-0.4, -0.2) is 54.7 Å². The smallest absolute Gasteiger partial charge is 0.325 e. The molecule has 0 rings (SSSR count). The van der Waals surface area contributed by atoms with Crippen molar-refractivity contribution in [3.63, 3.8) is 0 Å².